The number of nitrogens with one attached hydrogen (secondary N) is 1. The zero-order chi connectivity index (χ0) is 17.6. The third-order valence-electron chi connectivity index (χ3n) is 3.69. The maximum Gasteiger partial charge on any atom is 0.244 e. The minimum atomic E-state index is -0.165. The van der Waals surface area contributed by atoms with Crippen LogP contribution in [-0.4, -0.2) is 25.9 Å². The lowest BCUT2D eigenvalue weighted by Crippen LogP contribution is -2.26. The molecule has 2 aromatic carbocycles. The molecule has 5 nitrogen and oxygen atoms in total. The van der Waals surface area contributed by atoms with Gasteiger partial charge >= 0.3 is 0 Å². The average Bonchev–Trinajstić information content (AvgIpc) is 3.04. The predicted octanol–water partition coefficient (Wildman–Crippen LogP) is 3.24. The predicted molar refractivity (Wildman–Crippen MR) is 96.0 cm³/mol. The highest BCUT2D eigenvalue weighted by Gasteiger charge is 2.12. The third kappa shape index (κ3) is 4.76. The summed E-state index contributed by atoms with van der Waals surface area (Å²) in [6.07, 6.45) is 3.23. The van der Waals surface area contributed by atoms with Gasteiger partial charge in [0.05, 0.1) is 6.54 Å². The number of benzene rings is 2. The van der Waals surface area contributed by atoms with E-state index in [0.717, 1.165) is 28.2 Å². The zero-order valence-electron chi connectivity index (χ0n) is 14.4. The lowest BCUT2D eigenvalue weighted by Gasteiger charge is -2.08. The normalized spacial score (nSPS) is 12.4. The molecule has 0 fully saturated rings. The summed E-state index contributed by atoms with van der Waals surface area (Å²) in [6, 6.07) is 11.6. The maximum absolute atomic E-state index is 11.9. The number of aryl methyl sites for hydroxylation is 2. The van der Waals surface area contributed by atoms with Crippen LogP contribution in [-0.2, 0) is 4.79 Å². The van der Waals surface area contributed by atoms with E-state index in [2.05, 4.69) is 11.4 Å². The van der Waals surface area contributed by atoms with Crippen molar-refractivity contribution in [3.63, 3.8) is 0 Å². The Labute approximate surface area is 147 Å². The van der Waals surface area contributed by atoms with Crippen molar-refractivity contribution in [3.8, 4) is 17.2 Å². The topological polar surface area (TPSA) is 56.8 Å². The molecule has 0 saturated heterocycles. The fraction of sp³-hybridized carbons (Fsp3) is 0.250. The molecule has 0 atom stereocenters. The summed E-state index contributed by atoms with van der Waals surface area (Å²) in [6.45, 7) is 5.17. The van der Waals surface area contributed by atoms with Crippen LogP contribution in [0.2, 0.25) is 0 Å². The van der Waals surface area contributed by atoms with Crippen LogP contribution in [0, 0.1) is 13.8 Å². The number of fused-ring (bicyclic) bond motifs is 1. The van der Waals surface area contributed by atoms with E-state index in [1.165, 1.54) is 6.08 Å². The molecule has 2 aromatic rings. The monoisotopic (exact) mass is 339 g/mol. The molecular formula is C20H21NO4. The second-order valence-corrected chi connectivity index (χ2v) is 5.91. The van der Waals surface area contributed by atoms with E-state index in [9.17, 15) is 4.79 Å². The van der Waals surface area contributed by atoms with Crippen molar-refractivity contribution in [1.82, 2.24) is 5.32 Å². The molecule has 0 bridgehead atoms. The Bertz CT molecular complexity index is 778. The number of amides is 1. The molecule has 0 aliphatic carbocycles. The Morgan fingerprint density at radius 2 is 1.88 bits per heavy atom. The van der Waals surface area contributed by atoms with E-state index < -0.39 is 0 Å². The van der Waals surface area contributed by atoms with Gasteiger partial charge in [0.25, 0.3) is 0 Å². The van der Waals surface area contributed by atoms with Gasteiger partial charge in [-0.15, -0.1) is 0 Å². The highest BCUT2D eigenvalue weighted by Crippen LogP contribution is 2.32. The highest BCUT2D eigenvalue weighted by molar-refractivity contribution is 5.91. The van der Waals surface area contributed by atoms with Gasteiger partial charge in [-0.2, -0.15) is 0 Å². The molecule has 1 heterocycles. The van der Waals surface area contributed by atoms with Crippen LogP contribution in [0.15, 0.2) is 42.5 Å². The molecule has 0 unspecified atom stereocenters. The summed E-state index contributed by atoms with van der Waals surface area (Å²) >= 11 is 0. The second-order valence-electron chi connectivity index (χ2n) is 5.91. The Balaban J connectivity index is 1.43. The number of carbonyl (C=O) groups excluding carboxylic acids is 1. The zero-order valence-corrected chi connectivity index (χ0v) is 14.4. The molecule has 130 valence electrons. The molecule has 1 amide bonds. The molecule has 3 rings (SSSR count). The minimum Gasteiger partial charge on any atom is -0.492 e. The van der Waals surface area contributed by atoms with Crippen LogP contribution in [0.1, 0.15) is 16.7 Å². The molecule has 1 N–H and O–H groups in total. The van der Waals surface area contributed by atoms with Crippen molar-refractivity contribution in [1.29, 1.82) is 0 Å². The molecular weight excluding hydrogens is 318 g/mol. The molecule has 0 aromatic heterocycles. The van der Waals surface area contributed by atoms with Gasteiger partial charge in [0.15, 0.2) is 11.5 Å². The fourth-order valence-electron chi connectivity index (χ4n) is 2.61. The van der Waals surface area contributed by atoms with Gasteiger partial charge in [-0.1, -0.05) is 12.1 Å². The van der Waals surface area contributed by atoms with Crippen molar-refractivity contribution in [3.05, 3.63) is 59.2 Å². The van der Waals surface area contributed by atoms with E-state index in [1.54, 1.807) is 6.08 Å². The summed E-state index contributed by atoms with van der Waals surface area (Å²) in [5.74, 6) is 2.08. The average molecular weight is 339 g/mol. The third-order valence-corrected chi connectivity index (χ3v) is 3.69. The van der Waals surface area contributed by atoms with Crippen LogP contribution >= 0.6 is 0 Å². The summed E-state index contributed by atoms with van der Waals surface area (Å²) < 4.78 is 16.2. The first kappa shape index (κ1) is 16.9. The molecule has 1 aliphatic rings. The van der Waals surface area contributed by atoms with E-state index in [0.29, 0.717) is 18.9 Å². The first-order valence-corrected chi connectivity index (χ1v) is 8.17. The van der Waals surface area contributed by atoms with Crippen molar-refractivity contribution in [2.45, 2.75) is 13.8 Å². The van der Waals surface area contributed by atoms with Gasteiger partial charge in [0, 0.05) is 6.08 Å². The van der Waals surface area contributed by atoms with E-state index >= 15 is 0 Å². The summed E-state index contributed by atoms with van der Waals surface area (Å²) in [4.78, 5) is 11.9. The minimum absolute atomic E-state index is 0.165. The summed E-state index contributed by atoms with van der Waals surface area (Å²) in [5.41, 5.74) is 3.20. The Hall–Kier alpha value is -2.95. The van der Waals surface area contributed by atoms with Crippen LogP contribution in [0.5, 0.6) is 17.2 Å². The number of carbonyl (C=O) groups is 1. The largest absolute Gasteiger partial charge is 0.492 e. The smallest absolute Gasteiger partial charge is 0.244 e. The number of hydrogen-bond donors (Lipinski definition) is 1. The maximum atomic E-state index is 11.9. The van der Waals surface area contributed by atoms with Gasteiger partial charge < -0.3 is 19.5 Å². The highest BCUT2D eigenvalue weighted by atomic mass is 16.7. The van der Waals surface area contributed by atoms with Crippen molar-refractivity contribution in [2.75, 3.05) is 19.9 Å². The number of rotatable bonds is 6. The van der Waals surface area contributed by atoms with Crippen molar-refractivity contribution < 1.29 is 19.0 Å². The SMILES string of the molecule is Cc1cc(C)cc(OCCNC(=O)/C=C/c2ccc3c(c2)OCO3)c1. The van der Waals surface area contributed by atoms with Crippen molar-refractivity contribution >= 4 is 12.0 Å². The second kappa shape index (κ2) is 7.75. The first-order valence-electron chi connectivity index (χ1n) is 8.17. The molecule has 0 saturated carbocycles. The molecule has 5 heteroatoms. The lowest BCUT2D eigenvalue weighted by atomic mass is 10.1. The Morgan fingerprint density at radius 3 is 2.68 bits per heavy atom. The first-order chi connectivity index (χ1) is 12.1. The quantitative estimate of drug-likeness (QED) is 0.648. The Morgan fingerprint density at radius 1 is 1.12 bits per heavy atom. The van der Waals surface area contributed by atoms with E-state index in [1.807, 2.05) is 44.2 Å². The van der Waals surface area contributed by atoms with Crippen LogP contribution < -0.4 is 19.5 Å². The molecule has 0 radical (unpaired) electrons. The van der Waals surface area contributed by atoms with Crippen LogP contribution in [0.4, 0.5) is 0 Å². The lowest BCUT2D eigenvalue weighted by molar-refractivity contribution is -0.116. The van der Waals surface area contributed by atoms with Gasteiger partial charge in [-0.05, 0) is 60.9 Å². The van der Waals surface area contributed by atoms with Gasteiger partial charge in [0.1, 0.15) is 12.4 Å². The van der Waals surface area contributed by atoms with Gasteiger partial charge in [-0.25, -0.2) is 0 Å². The fourth-order valence-corrected chi connectivity index (χ4v) is 2.61. The Kier molecular flexibility index (Phi) is 5.23. The number of ether oxygens (including phenoxy) is 3. The number of hydrogen-bond acceptors (Lipinski definition) is 4. The van der Waals surface area contributed by atoms with Crippen LogP contribution in [0.25, 0.3) is 6.08 Å². The van der Waals surface area contributed by atoms with Gasteiger partial charge in [-0.3, -0.25) is 4.79 Å². The summed E-state index contributed by atoms with van der Waals surface area (Å²) in [7, 11) is 0. The van der Waals surface area contributed by atoms with Crippen molar-refractivity contribution in [2.24, 2.45) is 0 Å². The van der Waals surface area contributed by atoms with E-state index in [-0.39, 0.29) is 12.7 Å². The molecule has 25 heavy (non-hydrogen) atoms. The standard InChI is InChI=1S/C20H21NO4/c1-14-9-15(2)11-17(10-14)23-8-7-21-20(22)6-4-16-3-5-18-19(12-16)25-13-24-18/h3-6,9-12H,7-8,13H2,1-2H3,(H,21,22)/b6-4+. The summed E-state index contributed by atoms with van der Waals surface area (Å²) in [5, 5.41) is 2.80. The van der Waals surface area contributed by atoms with Crippen LogP contribution in [0.3, 0.4) is 0 Å². The molecule has 0 spiro atoms. The molecule has 1 aliphatic heterocycles. The van der Waals surface area contributed by atoms with Gasteiger partial charge in [0.2, 0.25) is 12.7 Å². The van der Waals surface area contributed by atoms with E-state index in [4.69, 9.17) is 14.2 Å².